The van der Waals surface area contributed by atoms with Gasteiger partial charge in [-0.25, -0.2) is 4.79 Å². The van der Waals surface area contributed by atoms with E-state index in [0.717, 1.165) is 0 Å². The summed E-state index contributed by atoms with van der Waals surface area (Å²) in [5.41, 5.74) is -2.52. The molecule has 0 saturated carbocycles. The third-order valence-electron chi connectivity index (χ3n) is 2.14. The summed E-state index contributed by atoms with van der Waals surface area (Å²) in [6.45, 7) is 5.01. The van der Waals surface area contributed by atoms with Crippen LogP contribution < -0.4 is 0 Å². The number of aliphatic hydroxyl groups is 1. The molecule has 0 rings (SSSR count). The third-order valence-corrected chi connectivity index (χ3v) is 2.14. The number of esters is 2. The average Bonchev–Trinajstić information content (AvgIpc) is 2.23. The molecule has 110 valence electrons. The van der Waals surface area contributed by atoms with Crippen LogP contribution >= 0.6 is 0 Å². The van der Waals surface area contributed by atoms with Crippen LogP contribution in [0.15, 0.2) is 0 Å². The minimum atomic E-state index is -2.52. The van der Waals surface area contributed by atoms with Gasteiger partial charge < -0.3 is 14.6 Å². The molecule has 8 heteroatoms. The molecule has 19 heavy (non-hydrogen) atoms. The smallest absolute Gasteiger partial charge is 0.388 e. The molecule has 0 radical (unpaired) electrons. The average molecular weight is 277 g/mol. The second kappa shape index (κ2) is 7.03. The van der Waals surface area contributed by atoms with Gasteiger partial charge in [0, 0.05) is 4.92 Å². The van der Waals surface area contributed by atoms with E-state index in [4.69, 9.17) is 14.6 Å². The molecule has 0 heterocycles. The Labute approximate surface area is 110 Å². The van der Waals surface area contributed by atoms with Crippen LogP contribution in [0.2, 0.25) is 0 Å². The topological polar surface area (TPSA) is 116 Å². The van der Waals surface area contributed by atoms with Crippen molar-refractivity contribution in [2.45, 2.75) is 51.9 Å². The summed E-state index contributed by atoms with van der Waals surface area (Å²) in [6, 6.07) is 0. The number of rotatable bonds is 7. The molecule has 0 fully saturated rings. The first-order valence-electron chi connectivity index (χ1n) is 5.81. The van der Waals surface area contributed by atoms with Gasteiger partial charge in [-0.15, -0.1) is 0 Å². The van der Waals surface area contributed by atoms with Crippen LogP contribution in [0.1, 0.15) is 34.1 Å². The van der Waals surface area contributed by atoms with Crippen LogP contribution in [-0.4, -0.2) is 46.3 Å². The fourth-order valence-corrected chi connectivity index (χ4v) is 1.26. The van der Waals surface area contributed by atoms with Gasteiger partial charge in [0.25, 0.3) is 0 Å². The minimum Gasteiger partial charge on any atom is -0.463 e. The van der Waals surface area contributed by atoms with Crippen LogP contribution in [0.3, 0.4) is 0 Å². The minimum absolute atomic E-state index is 0.475. The van der Waals surface area contributed by atoms with Crippen LogP contribution in [0.25, 0.3) is 0 Å². The quantitative estimate of drug-likeness (QED) is 0.403. The molecule has 0 saturated heterocycles. The summed E-state index contributed by atoms with van der Waals surface area (Å²) < 4.78 is 9.48. The van der Waals surface area contributed by atoms with Crippen molar-refractivity contribution in [1.82, 2.24) is 0 Å². The molecule has 1 unspecified atom stereocenters. The Kier molecular flexibility index (Phi) is 6.40. The summed E-state index contributed by atoms with van der Waals surface area (Å²) in [7, 11) is 0. The van der Waals surface area contributed by atoms with Crippen molar-refractivity contribution in [1.29, 1.82) is 0 Å². The van der Waals surface area contributed by atoms with E-state index in [1.165, 1.54) is 13.8 Å². The lowest BCUT2D eigenvalue weighted by Gasteiger charge is -2.22. The highest BCUT2D eigenvalue weighted by Crippen LogP contribution is 2.19. The summed E-state index contributed by atoms with van der Waals surface area (Å²) in [5.74, 6) is -2.20. The Balaban J connectivity index is 5.13. The molecular weight excluding hydrogens is 258 g/mol. The van der Waals surface area contributed by atoms with Crippen molar-refractivity contribution in [2.75, 3.05) is 6.61 Å². The lowest BCUT2D eigenvalue weighted by atomic mass is 9.97. The van der Waals surface area contributed by atoms with Crippen molar-refractivity contribution < 1.29 is 29.1 Å². The normalized spacial score (nSPS) is 14.1. The van der Waals surface area contributed by atoms with Crippen molar-refractivity contribution in [3.63, 3.8) is 0 Å². The van der Waals surface area contributed by atoms with E-state index in [-0.39, 0.29) is 0 Å². The Morgan fingerprint density at radius 1 is 1.21 bits per heavy atom. The lowest BCUT2D eigenvalue weighted by molar-refractivity contribution is -0.558. The molecule has 0 aliphatic carbocycles. The van der Waals surface area contributed by atoms with Crippen LogP contribution in [0.4, 0.5) is 0 Å². The summed E-state index contributed by atoms with van der Waals surface area (Å²) in [4.78, 5) is 33.2. The molecule has 0 aromatic carbocycles. The fourth-order valence-electron chi connectivity index (χ4n) is 1.26. The van der Waals surface area contributed by atoms with Crippen molar-refractivity contribution in [2.24, 2.45) is 0 Å². The molecule has 1 N–H and O–H groups in total. The van der Waals surface area contributed by atoms with Gasteiger partial charge in [0.1, 0.15) is 13.0 Å². The second-order valence-electron chi connectivity index (χ2n) is 4.62. The zero-order valence-corrected chi connectivity index (χ0v) is 11.4. The van der Waals surface area contributed by atoms with Gasteiger partial charge in [-0.2, -0.15) is 0 Å². The van der Waals surface area contributed by atoms with E-state index in [1.807, 2.05) is 0 Å². The Bertz CT molecular complexity index is 353. The molecule has 0 bridgehead atoms. The van der Waals surface area contributed by atoms with Gasteiger partial charge in [0.15, 0.2) is 0 Å². The largest absolute Gasteiger partial charge is 0.463 e. The van der Waals surface area contributed by atoms with Gasteiger partial charge in [-0.3, -0.25) is 14.9 Å². The maximum Gasteiger partial charge on any atom is 0.388 e. The summed E-state index contributed by atoms with van der Waals surface area (Å²) >= 11 is 0. The number of aliphatic hydroxyl groups excluding tert-OH is 1. The Morgan fingerprint density at radius 3 is 2.00 bits per heavy atom. The molecule has 0 amide bonds. The predicted octanol–water partition coefficient (Wildman–Crippen LogP) is 0.288. The van der Waals surface area contributed by atoms with Gasteiger partial charge in [0.2, 0.25) is 0 Å². The molecule has 0 aromatic heterocycles. The second-order valence-corrected chi connectivity index (χ2v) is 4.62. The van der Waals surface area contributed by atoms with E-state index in [9.17, 15) is 19.7 Å². The Morgan fingerprint density at radius 2 is 1.68 bits per heavy atom. The lowest BCUT2D eigenvalue weighted by Crippen LogP contribution is -2.53. The molecule has 8 nitrogen and oxygen atoms in total. The number of hydrogen-bond donors (Lipinski definition) is 1. The first-order valence-corrected chi connectivity index (χ1v) is 5.81. The van der Waals surface area contributed by atoms with Gasteiger partial charge >= 0.3 is 17.5 Å². The number of hydrogen-bond acceptors (Lipinski definition) is 7. The summed E-state index contributed by atoms with van der Waals surface area (Å²) in [5, 5.41) is 20.2. The van der Waals surface area contributed by atoms with E-state index in [2.05, 4.69) is 0 Å². The van der Waals surface area contributed by atoms with Gasteiger partial charge in [-0.05, 0) is 27.7 Å². The highest BCUT2D eigenvalue weighted by molar-refractivity contribution is 5.86. The van der Waals surface area contributed by atoms with E-state index in [1.54, 1.807) is 13.8 Å². The van der Waals surface area contributed by atoms with Crippen molar-refractivity contribution in [3.8, 4) is 0 Å². The maximum atomic E-state index is 11.7. The molecular formula is C11H19NO7. The molecule has 0 spiro atoms. The molecule has 0 aliphatic rings. The third kappa shape index (κ3) is 4.82. The fraction of sp³-hybridized carbons (Fsp3) is 0.818. The van der Waals surface area contributed by atoms with E-state index in [0.29, 0.717) is 0 Å². The first-order chi connectivity index (χ1) is 8.65. The zero-order chi connectivity index (χ0) is 15.2. The van der Waals surface area contributed by atoms with E-state index >= 15 is 0 Å². The molecule has 0 aliphatic heterocycles. The maximum absolute atomic E-state index is 11.7. The highest BCUT2D eigenvalue weighted by Gasteiger charge is 2.55. The Hall–Kier alpha value is -1.70. The van der Waals surface area contributed by atoms with Gasteiger partial charge in [0.05, 0.1) is 12.2 Å². The van der Waals surface area contributed by atoms with Crippen LogP contribution in [-0.2, 0) is 19.1 Å². The van der Waals surface area contributed by atoms with Crippen LogP contribution in [0, 0.1) is 10.1 Å². The molecule has 0 aromatic rings. The van der Waals surface area contributed by atoms with E-state index < -0.39 is 47.6 Å². The number of nitrogens with zero attached hydrogens (tertiary/aromatic N) is 1. The number of carbonyl (C=O) groups excluding carboxylic acids is 2. The monoisotopic (exact) mass is 277 g/mol. The standard InChI is InChI=1S/C11H19NO7/c1-7(2)18-9(14)5-11(6-13,12(16)17)10(15)19-8(3)4/h7-8,13H,5-6H2,1-4H3. The van der Waals surface area contributed by atoms with Crippen LogP contribution in [0.5, 0.6) is 0 Å². The molecule has 1 atom stereocenters. The SMILES string of the molecule is CC(C)OC(=O)CC(CO)(C(=O)OC(C)C)[N+](=O)[O-]. The van der Waals surface area contributed by atoms with Crippen molar-refractivity contribution >= 4 is 11.9 Å². The first kappa shape index (κ1) is 17.3. The number of nitro groups is 1. The van der Waals surface area contributed by atoms with Crippen molar-refractivity contribution in [3.05, 3.63) is 10.1 Å². The zero-order valence-electron chi connectivity index (χ0n) is 11.4. The van der Waals surface area contributed by atoms with Gasteiger partial charge in [-0.1, -0.05) is 0 Å². The predicted molar refractivity (Wildman–Crippen MR) is 63.9 cm³/mol. The highest BCUT2D eigenvalue weighted by atomic mass is 16.6. The summed E-state index contributed by atoms with van der Waals surface area (Å²) in [6.07, 6.45) is -1.95. The number of carbonyl (C=O) groups is 2. The number of ether oxygens (including phenoxy) is 2.